The lowest BCUT2D eigenvalue weighted by molar-refractivity contribution is -0.137. The van der Waals surface area contributed by atoms with Gasteiger partial charge >= 0.3 is 6.18 Å². The summed E-state index contributed by atoms with van der Waals surface area (Å²) < 4.78 is 38.7. The summed E-state index contributed by atoms with van der Waals surface area (Å²) >= 11 is 0. The van der Waals surface area contributed by atoms with Crippen molar-refractivity contribution in [2.45, 2.75) is 32.5 Å². The normalized spacial score (nSPS) is 11.4. The fraction of sp³-hybridized carbons (Fsp3) is 0.294. The molecule has 1 nitrogen and oxygen atoms in total. The predicted octanol–water partition coefficient (Wildman–Crippen LogP) is 5.38. The van der Waals surface area contributed by atoms with E-state index in [0.29, 0.717) is 17.0 Å². The average molecular weight is 330 g/mol. The standard InChI is InChI=1S/C17H18F3N.ClH/c1-11(2)12-4-3-5-13(8-12)16-9-15(17(18,19)20)7-6-14(16)10-21;/h3-9,11H,10,21H2,1-2H3;1H. The molecule has 2 N–H and O–H groups in total. The molecule has 0 aliphatic rings. The van der Waals surface area contributed by atoms with E-state index in [1.54, 1.807) is 0 Å². The predicted molar refractivity (Wildman–Crippen MR) is 86.1 cm³/mol. The Balaban J connectivity index is 0.00000242. The Morgan fingerprint density at radius 2 is 1.73 bits per heavy atom. The van der Waals surface area contributed by atoms with Gasteiger partial charge in [-0.1, -0.05) is 44.2 Å². The molecule has 0 atom stereocenters. The molecule has 0 amide bonds. The summed E-state index contributed by atoms with van der Waals surface area (Å²) in [6.07, 6.45) is -4.35. The lowest BCUT2D eigenvalue weighted by Gasteiger charge is -2.14. The number of benzene rings is 2. The third kappa shape index (κ3) is 4.02. The van der Waals surface area contributed by atoms with Crippen molar-refractivity contribution in [3.63, 3.8) is 0 Å². The van der Waals surface area contributed by atoms with Crippen LogP contribution in [-0.4, -0.2) is 0 Å². The Bertz CT molecular complexity index is 636. The minimum absolute atomic E-state index is 0. The molecule has 2 rings (SSSR count). The molecule has 0 saturated heterocycles. The summed E-state index contributed by atoms with van der Waals surface area (Å²) in [6.45, 7) is 4.31. The highest BCUT2D eigenvalue weighted by molar-refractivity contribution is 5.85. The maximum Gasteiger partial charge on any atom is 0.416 e. The zero-order valence-corrected chi connectivity index (χ0v) is 13.3. The van der Waals surface area contributed by atoms with Crippen LogP contribution in [0.15, 0.2) is 42.5 Å². The van der Waals surface area contributed by atoms with Gasteiger partial charge in [0.25, 0.3) is 0 Å². The van der Waals surface area contributed by atoms with Crippen LogP contribution in [0.2, 0.25) is 0 Å². The van der Waals surface area contributed by atoms with Crippen LogP contribution in [0.4, 0.5) is 13.2 Å². The van der Waals surface area contributed by atoms with Crippen molar-refractivity contribution in [1.82, 2.24) is 0 Å². The maximum atomic E-state index is 12.9. The highest BCUT2D eigenvalue weighted by Crippen LogP contribution is 2.34. The molecule has 0 bridgehead atoms. The summed E-state index contributed by atoms with van der Waals surface area (Å²) in [5.74, 6) is 0.317. The highest BCUT2D eigenvalue weighted by atomic mass is 35.5. The third-order valence-corrected chi connectivity index (χ3v) is 3.52. The van der Waals surface area contributed by atoms with Crippen molar-refractivity contribution >= 4 is 12.4 Å². The number of alkyl halides is 3. The van der Waals surface area contributed by atoms with Crippen LogP contribution >= 0.6 is 12.4 Å². The summed E-state index contributed by atoms with van der Waals surface area (Å²) in [5, 5.41) is 0. The molecule has 0 saturated carbocycles. The Morgan fingerprint density at radius 3 is 2.27 bits per heavy atom. The van der Waals surface area contributed by atoms with E-state index in [4.69, 9.17) is 5.73 Å². The first-order valence-electron chi connectivity index (χ1n) is 6.83. The first-order chi connectivity index (χ1) is 9.82. The second-order valence-corrected chi connectivity index (χ2v) is 5.35. The van der Waals surface area contributed by atoms with E-state index in [-0.39, 0.29) is 19.0 Å². The van der Waals surface area contributed by atoms with E-state index in [1.165, 1.54) is 12.1 Å². The Kier molecular flexibility index (Phi) is 6.03. The summed E-state index contributed by atoms with van der Waals surface area (Å²) in [5.41, 5.74) is 8.14. The molecule has 0 fully saturated rings. The molecule has 120 valence electrons. The zero-order valence-electron chi connectivity index (χ0n) is 12.4. The van der Waals surface area contributed by atoms with Gasteiger partial charge in [0.1, 0.15) is 0 Å². The van der Waals surface area contributed by atoms with E-state index in [0.717, 1.165) is 17.2 Å². The Morgan fingerprint density at radius 1 is 1.05 bits per heavy atom. The van der Waals surface area contributed by atoms with Gasteiger partial charge in [0.2, 0.25) is 0 Å². The largest absolute Gasteiger partial charge is 0.416 e. The van der Waals surface area contributed by atoms with Crippen LogP contribution in [-0.2, 0) is 12.7 Å². The highest BCUT2D eigenvalue weighted by Gasteiger charge is 2.31. The number of hydrogen-bond acceptors (Lipinski definition) is 1. The topological polar surface area (TPSA) is 26.0 Å². The Labute approximate surface area is 134 Å². The Hall–Kier alpha value is -1.52. The maximum absolute atomic E-state index is 12.9. The van der Waals surface area contributed by atoms with Crippen molar-refractivity contribution in [3.8, 4) is 11.1 Å². The van der Waals surface area contributed by atoms with Gasteiger partial charge in [-0.3, -0.25) is 0 Å². The molecule has 5 heteroatoms. The lowest BCUT2D eigenvalue weighted by atomic mass is 9.93. The molecule has 0 aliphatic heterocycles. The molecule has 0 spiro atoms. The molecule has 2 aromatic rings. The van der Waals surface area contributed by atoms with Crippen molar-refractivity contribution in [1.29, 1.82) is 0 Å². The van der Waals surface area contributed by atoms with Crippen LogP contribution in [0.1, 0.15) is 36.5 Å². The fourth-order valence-electron chi connectivity index (χ4n) is 2.26. The van der Waals surface area contributed by atoms with E-state index in [1.807, 2.05) is 24.3 Å². The van der Waals surface area contributed by atoms with Gasteiger partial charge in [0.05, 0.1) is 5.56 Å². The number of rotatable bonds is 3. The lowest BCUT2D eigenvalue weighted by Crippen LogP contribution is -2.07. The summed E-state index contributed by atoms with van der Waals surface area (Å²) in [7, 11) is 0. The number of hydrogen-bond donors (Lipinski definition) is 1. The molecule has 0 unspecified atom stereocenters. The molecule has 0 radical (unpaired) electrons. The van der Waals surface area contributed by atoms with E-state index in [9.17, 15) is 13.2 Å². The summed E-state index contributed by atoms with van der Waals surface area (Å²) in [4.78, 5) is 0. The zero-order chi connectivity index (χ0) is 15.6. The van der Waals surface area contributed by atoms with Crippen molar-refractivity contribution in [2.75, 3.05) is 0 Å². The SMILES string of the molecule is CC(C)c1cccc(-c2cc(C(F)(F)F)ccc2CN)c1.Cl. The van der Waals surface area contributed by atoms with Crippen molar-refractivity contribution in [2.24, 2.45) is 5.73 Å². The van der Waals surface area contributed by atoms with Crippen LogP contribution in [0.5, 0.6) is 0 Å². The van der Waals surface area contributed by atoms with Gasteiger partial charge in [-0.05, 0) is 40.3 Å². The first kappa shape index (κ1) is 18.5. The fourth-order valence-corrected chi connectivity index (χ4v) is 2.26. The summed E-state index contributed by atoms with van der Waals surface area (Å²) in [6, 6.07) is 11.3. The molecule has 0 heterocycles. The minimum atomic E-state index is -4.35. The van der Waals surface area contributed by atoms with Crippen LogP contribution in [0, 0.1) is 0 Å². The molecule has 0 aliphatic carbocycles. The van der Waals surface area contributed by atoms with Gasteiger partial charge in [-0.25, -0.2) is 0 Å². The van der Waals surface area contributed by atoms with Gasteiger partial charge < -0.3 is 5.73 Å². The second-order valence-electron chi connectivity index (χ2n) is 5.35. The first-order valence-corrected chi connectivity index (χ1v) is 6.83. The van der Waals surface area contributed by atoms with E-state index in [2.05, 4.69) is 13.8 Å². The molecular formula is C17H19ClF3N. The average Bonchev–Trinajstić information content (AvgIpc) is 2.45. The second kappa shape index (κ2) is 7.16. The van der Waals surface area contributed by atoms with Gasteiger partial charge in [0, 0.05) is 6.54 Å². The van der Waals surface area contributed by atoms with E-state index < -0.39 is 11.7 Å². The molecule has 22 heavy (non-hydrogen) atoms. The van der Waals surface area contributed by atoms with E-state index >= 15 is 0 Å². The van der Waals surface area contributed by atoms with Crippen LogP contribution < -0.4 is 5.73 Å². The van der Waals surface area contributed by atoms with Crippen molar-refractivity contribution in [3.05, 3.63) is 59.2 Å². The number of halogens is 4. The smallest absolute Gasteiger partial charge is 0.326 e. The van der Waals surface area contributed by atoms with Crippen LogP contribution in [0.3, 0.4) is 0 Å². The monoisotopic (exact) mass is 329 g/mol. The van der Waals surface area contributed by atoms with Crippen molar-refractivity contribution < 1.29 is 13.2 Å². The van der Waals surface area contributed by atoms with Gasteiger partial charge in [-0.2, -0.15) is 13.2 Å². The van der Waals surface area contributed by atoms with Crippen LogP contribution in [0.25, 0.3) is 11.1 Å². The minimum Gasteiger partial charge on any atom is -0.326 e. The van der Waals surface area contributed by atoms with Gasteiger partial charge in [0.15, 0.2) is 0 Å². The molecule has 2 aromatic carbocycles. The van der Waals surface area contributed by atoms with Gasteiger partial charge in [-0.15, -0.1) is 12.4 Å². The molecule has 0 aromatic heterocycles. The number of nitrogens with two attached hydrogens (primary N) is 1. The quantitative estimate of drug-likeness (QED) is 0.804. The molecular weight excluding hydrogens is 311 g/mol. The third-order valence-electron chi connectivity index (χ3n) is 3.52.